The molecule has 194 valence electrons. The van der Waals surface area contributed by atoms with Gasteiger partial charge in [-0.15, -0.1) is 5.10 Å². The number of aromatic nitrogens is 5. The van der Waals surface area contributed by atoms with Gasteiger partial charge in [-0.3, -0.25) is 9.36 Å². The third-order valence-electron chi connectivity index (χ3n) is 4.81. The Bertz CT molecular complexity index is 1340. The van der Waals surface area contributed by atoms with Crippen molar-refractivity contribution in [2.75, 3.05) is 12.4 Å². The Kier molecular flexibility index (Phi) is 7.83. The van der Waals surface area contributed by atoms with E-state index in [4.69, 9.17) is 21.1 Å². The molecule has 3 rings (SSSR count). The van der Waals surface area contributed by atoms with Crippen LogP contribution in [0.4, 0.5) is 23.2 Å². The monoisotopic (exact) mass is 534 g/mol. The third kappa shape index (κ3) is 5.26. The van der Waals surface area contributed by atoms with Gasteiger partial charge in [0.1, 0.15) is 17.9 Å². The van der Waals surface area contributed by atoms with Gasteiger partial charge in [0, 0.05) is 12.7 Å². The van der Waals surface area contributed by atoms with E-state index in [9.17, 15) is 27.9 Å². The average Bonchev–Trinajstić information content (AvgIpc) is 3.15. The summed E-state index contributed by atoms with van der Waals surface area (Å²) in [7, 11) is 1.23. The van der Waals surface area contributed by atoms with Crippen molar-refractivity contribution >= 4 is 23.2 Å². The molecule has 0 aliphatic rings. The van der Waals surface area contributed by atoms with Gasteiger partial charge in [0.25, 0.3) is 5.91 Å². The molecule has 0 fully saturated rings. The van der Waals surface area contributed by atoms with Gasteiger partial charge in [0.05, 0.1) is 12.1 Å². The summed E-state index contributed by atoms with van der Waals surface area (Å²) in [6.45, 7) is 1.58. The summed E-state index contributed by atoms with van der Waals surface area (Å²) in [6, 6.07) is 1.84. The molecule has 2 N–H and O–H groups in total. The van der Waals surface area contributed by atoms with E-state index in [1.807, 2.05) is 0 Å². The van der Waals surface area contributed by atoms with Crippen LogP contribution in [-0.2, 0) is 13.2 Å². The number of carbonyl (C=O) groups is 1. The fraction of sp³-hybridized carbons (Fsp3) is 0.350. The lowest BCUT2D eigenvalue weighted by Crippen LogP contribution is -2.33. The molecule has 0 saturated heterocycles. The zero-order chi connectivity index (χ0) is 26.8. The molecule has 3 aromatic heterocycles. The molecule has 0 radical (unpaired) electrons. The highest BCUT2D eigenvalue weighted by atomic mass is 35.5. The number of aliphatic hydroxyl groups excluding tert-OH is 1. The highest BCUT2D eigenvalue weighted by molar-refractivity contribution is 6.34. The lowest BCUT2D eigenvalue weighted by molar-refractivity contribution is -0.190. The topological polar surface area (TPSA) is 133 Å². The van der Waals surface area contributed by atoms with Gasteiger partial charge < -0.3 is 19.9 Å². The molecular formula is C20H19ClF4N6O5. The molecule has 0 aliphatic heterocycles. The van der Waals surface area contributed by atoms with E-state index in [1.54, 1.807) is 6.92 Å². The summed E-state index contributed by atoms with van der Waals surface area (Å²) in [6.07, 6.45) is -6.06. The Labute approximate surface area is 205 Å². The maximum atomic E-state index is 15.1. The number of nitrogens with zero attached hydrogens (tertiary/aromatic N) is 5. The summed E-state index contributed by atoms with van der Waals surface area (Å²) in [4.78, 5) is 33.1. The van der Waals surface area contributed by atoms with Crippen molar-refractivity contribution in [3.63, 3.8) is 0 Å². The highest BCUT2D eigenvalue weighted by Gasteiger charge is 2.39. The molecule has 0 bridgehead atoms. The molecule has 0 aliphatic carbocycles. The number of alkyl halides is 3. The summed E-state index contributed by atoms with van der Waals surface area (Å²) >= 11 is 6.05. The van der Waals surface area contributed by atoms with Crippen LogP contribution in [0.3, 0.4) is 0 Å². The van der Waals surface area contributed by atoms with Crippen molar-refractivity contribution in [2.24, 2.45) is 0 Å². The SMILES string of the molecule is CCn1c(CO)nn(-c2nc(OC(C)C(F)(F)F)c(C(=O)Nc3c(Cl)ccnc3OC)cc2F)c1=O. The number of anilines is 1. The van der Waals surface area contributed by atoms with Gasteiger partial charge >= 0.3 is 11.9 Å². The standard InChI is InChI=1S/C20H19ClF4N6O5/c1-4-30-13(8-32)29-31(19(30)34)15-12(22)7-10(17(28-15)36-9(2)20(23,24)25)16(33)27-14-11(21)5-6-26-18(14)35-3/h5-7,9,32H,4,8H2,1-3H3,(H,27,33). The van der Waals surface area contributed by atoms with E-state index in [-0.39, 0.29) is 29.0 Å². The number of aliphatic hydroxyl groups is 1. The number of hydrogen-bond donors (Lipinski definition) is 2. The number of carbonyl (C=O) groups excluding carboxylic acids is 1. The van der Waals surface area contributed by atoms with Crippen LogP contribution in [0, 0.1) is 5.82 Å². The first kappa shape index (κ1) is 26.9. The van der Waals surface area contributed by atoms with Crippen LogP contribution in [0.25, 0.3) is 5.82 Å². The number of pyridine rings is 2. The summed E-state index contributed by atoms with van der Waals surface area (Å²) in [5.74, 6) is -4.51. The predicted octanol–water partition coefficient (Wildman–Crippen LogP) is 2.72. The van der Waals surface area contributed by atoms with Crippen molar-refractivity contribution in [3.05, 3.63) is 51.0 Å². The number of hydrogen-bond acceptors (Lipinski definition) is 8. The Balaban J connectivity index is 2.16. The second-order valence-electron chi connectivity index (χ2n) is 7.09. The molecular weight excluding hydrogens is 516 g/mol. The molecule has 1 amide bonds. The number of amides is 1. The van der Waals surface area contributed by atoms with Gasteiger partial charge in [-0.2, -0.15) is 22.8 Å². The van der Waals surface area contributed by atoms with Crippen molar-refractivity contribution < 1.29 is 36.9 Å². The van der Waals surface area contributed by atoms with Gasteiger partial charge in [-0.05, 0) is 26.0 Å². The van der Waals surface area contributed by atoms with Crippen LogP contribution < -0.4 is 20.5 Å². The number of halogens is 5. The van der Waals surface area contributed by atoms with Gasteiger partial charge in [0.15, 0.2) is 23.6 Å². The van der Waals surface area contributed by atoms with E-state index >= 15 is 4.39 Å². The Hall–Kier alpha value is -3.72. The van der Waals surface area contributed by atoms with E-state index < -0.39 is 53.6 Å². The molecule has 0 spiro atoms. The number of rotatable bonds is 8. The third-order valence-corrected chi connectivity index (χ3v) is 5.13. The van der Waals surface area contributed by atoms with Gasteiger partial charge in [-0.25, -0.2) is 14.2 Å². The lowest BCUT2D eigenvalue weighted by atomic mass is 10.2. The summed E-state index contributed by atoms with van der Waals surface area (Å²) in [5, 5.41) is 15.4. The molecule has 3 aromatic rings. The first-order valence-corrected chi connectivity index (χ1v) is 10.5. The van der Waals surface area contributed by atoms with Crippen LogP contribution in [0.1, 0.15) is 30.0 Å². The summed E-state index contributed by atoms with van der Waals surface area (Å²) in [5.41, 5.74) is -1.82. The smallest absolute Gasteiger partial charge is 0.425 e. The minimum absolute atomic E-state index is 0.0282. The zero-order valence-corrected chi connectivity index (χ0v) is 19.7. The van der Waals surface area contributed by atoms with Crippen LogP contribution in [0.2, 0.25) is 5.02 Å². The molecule has 3 heterocycles. The highest BCUT2D eigenvalue weighted by Crippen LogP contribution is 2.32. The minimum atomic E-state index is -4.87. The van der Waals surface area contributed by atoms with Crippen molar-refractivity contribution in [1.82, 2.24) is 24.3 Å². The van der Waals surface area contributed by atoms with Crippen LogP contribution in [0.5, 0.6) is 11.8 Å². The van der Waals surface area contributed by atoms with E-state index in [0.717, 1.165) is 4.57 Å². The first-order chi connectivity index (χ1) is 16.9. The second-order valence-corrected chi connectivity index (χ2v) is 7.50. The van der Waals surface area contributed by atoms with Crippen LogP contribution in [0.15, 0.2) is 23.1 Å². The maximum Gasteiger partial charge on any atom is 0.425 e. The Morgan fingerprint density at radius 2 is 2.03 bits per heavy atom. The fourth-order valence-electron chi connectivity index (χ4n) is 2.98. The molecule has 1 atom stereocenters. The minimum Gasteiger partial charge on any atom is -0.479 e. The number of ether oxygens (including phenoxy) is 2. The van der Waals surface area contributed by atoms with Crippen LogP contribution in [-0.4, -0.2) is 54.7 Å². The quantitative estimate of drug-likeness (QED) is 0.421. The normalized spacial score (nSPS) is 12.4. The van der Waals surface area contributed by atoms with E-state index in [2.05, 4.69) is 20.4 Å². The molecule has 0 aromatic carbocycles. The van der Waals surface area contributed by atoms with E-state index in [0.29, 0.717) is 17.7 Å². The lowest BCUT2D eigenvalue weighted by Gasteiger charge is -2.19. The van der Waals surface area contributed by atoms with Crippen molar-refractivity contribution in [3.8, 4) is 17.6 Å². The van der Waals surface area contributed by atoms with Gasteiger partial charge in [-0.1, -0.05) is 11.6 Å². The number of methoxy groups -OCH3 is 1. The first-order valence-electron chi connectivity index (χ1n) is 10.2. The molecule has 1 unspecified atom stereocenters. The number of nitrogens with one attached hydrogen (secondary N) is 1. The van der Waals surface area contributed by atoms with Crippen molar-refractivity contribution in [1.29, 1.82) is 0 Å². The molecule has 11 nitrogen and oxygen atoms in total. The maximum absolute atomic E-state index is 15.1. The molecule has 0 saturated carbocycles. The fourth-order valence-corrected chi connectivity index (χ4v) is 3.16. The molecule has 16 heteroatoms. The van der Waals surface area contributed by atoms with Crippen molar-refractivity contribution in [2.45, 2.75) is 39.3 Å². The molecule has 36 heavy (non-hydrogen) atoms. The Morgan fingerprint density at radius 1 is 1.33 bits per heavy atom. The second kappa shape index (κ2) is 10.5. The van der Waals surface area contributed by atoms with Crippen LogP contribution >= 0.6 is 11.6 Å². The van der Waals surface area contributed by atoms with Gasteiger partial charge in [0.2, 0.25) is 11.8 Å². The Morgan fingerprint density at radius 3 is 2.58 bits per heavy atom. The average molecular weight is 535 g/mol. The largest absolute Gasteiger partial charge is 0.479 e. The van der Waals surface area contributed by atoms with E-state index in [1.165, 1.54) is 19.4 Å². The summed E-state index contributed by atoms with van der Waals surface area (Å²) < 4.78 is 66.0. The zero-order valence-electron chi connectivity index (χ0n) is 18.9. The predicted molar refractivity (Wildman–Crippen MR) is 117 cm³/mol.